The second kappa shape index (κ2) is 5.82. The molecule has 18 heavy (non-hydrogen) atoms. The molecule has 0 amide bonds. The van der Waals surface area contributed by atoms with Crippen LogP contribution in [0, 0.1) is 0 Å². The Morgan fingerprint density at radius 1 is 1.22 bits per heavy atom. The van der Waals surface area contributed by atoms with Crippen LogP contribution < -0.4 is 4.74 Å². The number of nitrogens with zero attached hydrogens (tertiary/aromatic N) is 6. The summed E-state index contributed by atoms with van der Waals surface area (Å²) in [6.07, 6.45) is 0. The highest BCUT2D eigenvalue weighted by Crippen LogP contribution is 2.32. The Morgan fingerprint density at radius 3 is 2.28 bits per heavy atom. The lowest BCUT2D eigenvalue weighted by Gasteiger charge is -2.28. The van der Waals surface area contributed by atoms with Crippen LogP contribution in [-0.4, -0.2) is 13.2 Å². The highest BCUT2D eigenvalue weighted by atomic mass is 16.5. The minimum Gasteiger partial charge on any atom is -0.497 e. The fourth-order valence-corrected chi connectivity index (χ4v) is 1.59. The molecule has 0 heterocycles. The zero-order valence-electron chi connectivity index (χ0n) is 10.5. The van der Waals surface area contributed by atoms with E-state index < -0.39 is 11.6 Å². The molecule has 0 spiro atoms. The van der Waals surface area contributed by atoms with Gasteiger partial charge in [0.25, 0.3) is 0 Å². The average Bonchev–Trinajstić information content (AvgIpc) is 2.39. The summed E-state index contributed by atoms with van der Waals surface area (Å²) in [5, 5.41) is 7.39. The maximum Gasteiger partial charge on any atom is 0.118 e. The predicted molar refractivity (Wildman–Crippen MR) is 68.1 cm³/mol. The van der Waals surface area contributed by atoms with Gasteiger partial charge in [-0.1, -0.05) is 29.3 Å². The molecule has 0 fully saturated rings. The van der Waals surface area contributed by atoms with Crippen LogP contribution in [0.2, 0.25) is 0 Å². The lowest BCUT2D eigenvalue weighted by Crippen LogP contribution is -2.30. The van der Waals surface area contributed by atoms with E-state index in [0.29, 0.717) is 5.75 Å². The molecule has 2 atom stereocenters. The van der Waals surface area contributed by atoms with E-state index in [9.17, 15) is 0 Å². The van der Waals surface area contributed by atoms with Gasteiger partial charge in [-0.25, -0.2) is 0 Å². The zero-order chi connectivity index (χ0) is 13.6. The highest BCUT2D eigenvalue weighted by molar-refractivity contribution is 5.33. The first-order valence-electron chi connectivity index (χ1n) is 5.33. The van der Waals surface area contributed by atoms with Gasteiger partial charge in [-0.2, -0.15) is 0 Å². The molecule has 0 radical (unpaired) electrons. The van der Waals surface area contributed by atoms with Crippen LogP contribution in [0.1, 0.15) is 19.4 Å². The van der Waals surface area contributed by atoms with Crippen molar-refractivity contribution in [1.29, 1.82) is 0 Å². The molecule has 7 nitrogen and oxygen atoms in total. The van der Waals surface area contributed by atoms with Gasteiger partial charge in [0.1, 0.15) is 5.75 Å². The summed E-state index contributed by atoms with van der Waals surface area (Å²) in [4.78, 5) is 5.60. The molecule has 0 aliphatic rings. The first-order chi connectivity index (χ1) is 8.58. The van der Waals surface area contributed by atoms with Crippen molar-refractivity contribution in [2.24, 2.45) is 10.2 Å². The molecule has 1 aromatic rings. The zero-order valence-corrected chi connectivity index (χ0v) is 10.5. The summed E-state index contributed by atoms with van der Waals surface area (Å²) in [5.41, 5.74) is 17.0. The minimum atomic E-state index is -0.923. The molecule has 0 bridgehead atoms. The normalized spacial score (nSPS) is 14.6. The molecule has 0 aliphatic carbocycles. The van der Waals surface area contributed by atoms with Crippen LogP contribution in [-0.2, 0) is 5.54 Å². The molecule has 7 heteroatoms. The number of methoxy groups -OCH3 is 1. The van der Waals surface area contributed by atoms with E-state index in [1.165, 1.54) is 0 Å². The smallest absolute Gasteiger partial charge is 0.118 e. The van der Waals surface area contributed by atoms with Crippen LogP contribution in [0.5, 0.6) is 5.75 Å². The highest BCUT2D eigenvalue weighted by Gasteiger charge is 2.31. The number of ether oxygens (including phenoxy) is 1. The van der Waals surface area contributed by atoms with Gasteiger partial charge in [0.05, 0.1) is 12.6 Å². The molecule has 94 valence electrons. The SMILES string of the molecule is COc1ccc(C(C)(N=[N+]=[N-])C(C)N=[N+]=[N-])cc1. The third-order valence-corrected chi connectivity index (χ3v) is 2.97. The Bertz CT molecular complexity index is 501. The number of hydrogen-bond acceptors (Lipinski definition) is 3. The van der Waals surface area contributed by atoms with Crippen molar-refractivity contribution in [3.05, 3.63) is 50.7 Å². The van der Waals surface area contributed by atoms with Crippen LogP contribution >= 0.6 is 0 Å². The van der Waals surface area contributed by atoms with Crippen molar-refractivity contribution in [1.82, 2.24) is 0 Å². The van der Waals surface area contributed by atoms with Gasteiger partial charge in [-0.3, -0.25) is 0 Å². The lowest BCUT2D eigenvalue weighted by molar-refractivity contribution is 0.401. The Kier molecular flexibility index (Phi) is 4.43. The topological polar surface area (TPSA) is 107 Å². The number of rotatable bonds is 5. The van der Waals surface area contributed by atoms with E-state index in [0.717, 1.165) is 5.56 Å². The molecule has 1 rings (SSSR count). The van der Waals surface area contributed by atoms with Crippen molar-refractivity contribution >= 4 is 0 Å². The summed E-state index contributed by atoms with van der Waals surface area (Å²) >= 11 is 0. The van der Waals surface area contributed by atoms with Crippen molar-refractivity contribution in [3.8, 4) is 5.75 Å². The first-order valence-corrected chi connectivity index (χ1v) is 5.33. The molecule has 0 aliphatic heterocycles. The Labute approximate surface area is 105 Å². The molecule has 1 aromatic carbocycles. The van der Waals surface area contributed by atoms with Gasteiger partial charge in [-0.05, 0) is 35.7 Å². The molecular weight excluding hydrogens is 232 g/mol. The fraction of sp³-hybridized carbons (Fsp3) is 0.455. The van der Waals surface area contributed by atoms with Gasteiger partial charge in [0.15, 0.2) is 0 Å². The van der Waals surface area contributed by atoms with Crippen LogP contribution in [0.3, 0.4) is 0 Å². The molecule has 2 unspecified atom stereocenters. The second-order valence-electron chi connectivity index (χ2n) is 3.95. The van der Waals surface area contributed by atoms with Crippen LogP contribution in [0.25, 0.3) is 20.9 Å². The molecule has 0 N–H and O–H groups in total. The van der Waals surface area contributed by atoms with Crippen molar-refractivity contribution in [2.45, 2.75) is 25.4 Å². The maximum absolute atomic E-state index is 8.68. The quantitative estimate of drug-likeness (QED) is 0.438. The van der Waals surface area contributed by atoms with E-state index >= 15 is 0 Å². The fourth-order valence-electron chi connectivity index (χ4n) is 1.59. The second-order valence-corrected chi connectivity index (χ2v) is 3.95. The summed E-state index contributed by atoms with van der Waals surface area (Å²) in [6.45, 7) is 3.44. The molecule has 0 saturated carbocycles. The third-order valence-electron chi connectivity index (χ3n) is 2.97. The Balaban J connectivity index is 3.25. The van der Waals surface area contributed by atoms with Gasteiger partial charge in [-0.15, -0.1) is 0 Å². The maximum atomic E-state index is 8.68. The van der Waals surface area contributed by atoms with Crippen LogP contribution in [0.4, 0.5) is 0 Å². The van der Waals surface area contributed by atoms with Crippen molar-refractivity contribution < 1.29 is 4.74 Å². The van der Waals surface area contributed by atoms with Crippen LogP contribution in [0.15, 0.2) is 34.5 Å². The van der Waals surface area contributed by atoms with Crippen molar-refractivity contribution in [2.75, 3.05) is 7.11 Å². The van der Waals surface area contributed by atoms with E-state index in [1.54, 1.807) is 45.2 Å². The Morgan fingerprint density at radius 2 is 1.83 bits per heavy atom. The monoisotopic (exact) mass is 246 g/mol. The molecular formula is C11H14N6O. The van der Waals surface area contributed by atoms with E-state index in [1.807, 2.05) is 0 Å². The minimum absolute atomic E-state index is 0.494. The van der Waals surface area contributed by atoms with Gasteiger partial charge in [0, 0.05) is 15.9 Å². The lowest BCUT2D eigenvalue weighted by atomic mass is 9.86. The summed E-state index contributed by atoms with van der Waals surface area (Å²) in [5.74, 6) is 0.707. The van der Waals surface area contributed by atoms with Crippen molar-refractivity contribution in [3.63, 3.8) is 0 Å². The van der Waals surface area contributed by atoms with Gasteiger partial charge < -0.3 is 4.74 Å². The molecule has 0 aromatic heterocycles. The predicted octanol–water partition coefficient (Wildman–Crippen LogP) is 3.92. The first kappa shape index (κ1) is 13.7. The number of benzene rings is 1. The van der Waals surface area contributed by atoms with E-state index in [2.05, 4.69) is 20.1 Å². The third kappa shape index (κ3) is 2.66. The summed E-state index contributed by atoms with van der Waals surface area (Å²) in [6, 6.07) is 6.62. The number of hydrogen-bond donors (Lipinski definition) is 0. The van der Waals surface area contributed by atoms with E-state index in [-0.39, 0.29) is 0 Å². The number of azide groups is 2. The van der Waals surface area contributed by atoms with Gasteiger partial charge >= 0.3 is 0 Å². The molecule has 0 saturated heterocycles. The average molecular weight is 246 g/mol. The standard InChI is InChI=1S/C11H14N6O/c1-8(14-16-12)11(2,15-17-13)9-4-6-10(18-3)7-5-9/h4-8H,1-3H3. The largest absolute Gasteiger partial charge is 0.497 e. The Hall–Kier alpha value is -2.36. The van der Waals surface area contributed by atoms with E-state index in [4.69, 9.17) is 15.8 Å². The summed E-state index contributed by atoms with van der Waals surface area (Å²) in [7, 11) is 1.57. The van der Waals surface area contributed by atoms with Gasteiger partial charge in [0.2, 0.25) is 0 Å². The summed E-state index contributed by atoms with van der Waals surface area (Å²) < 4.78 is 5.06.